The number of aromatic nitrogens is 3. The fourth-order valence-electron chi connectivity index (χ4n) is 1.19. The highest BCUT2D eigenvalue weighted by atomic mass is 32.1. The molecule has 0 aromatic carbocycles. The zero-order valence-electron chi connectivity index (χ0n) is 9.56. The molecule has 6 nitrogen and oxygen atoms in total. The van der Waals surface area contributed by atoms with E-state index in [1.165, 1.54) is 17.6 Å². The van der Waals surface area contributed by atoms with Gasteiger partial charge in [-0.15, -0.1) is 10.2 Å². The van der Waals surface area contributed by atoms with Gasteiger partial charge in [0.25, 0.3) is 5.91 Å². The van der Waals surface area contributed by atoms with Crippen molar-refractivity contribution in [2.24, 2.45) is 0 Å². The lowest BCUT2D eigenvalue weighted by molar-refractivity contribution is 0.102. The molecular weight excluding hydrogens is 240 g/mol. The summed E-state index contributed by atoms with van der Waals surface area (Å²) in [5.74, 6) is 0.217. The van der Waals surface area contributed by atoms with Gasteiger partial charge >= 0.3 is 0 Å². The Kier molecular flexibility index (Phi) is 3.48. The molecule has 0 bridgehead atoms. The number of hydrogen-bond acceptors (Lipinski definition) is 6. The second-order valence-electron chi connectivity index (χ2n) is 3.29. The first-order valence-electron chi connectivity index (χ1n) is 5.31. The number of oxazole rings is 1. The molecule has 0 saturated carbocycles. The normalized spacial score (nSPS) is 10.5. The summed E-state index contributed by atoms with van der Waals surface area (Å²) in [5, 5.41) is 11.8. The van der Waals surface area contributed by atoms with E-state index >= 15 is 0 Å². The maximum Gasteiger partial charge on any atom is 0.279 e. The standard InChI is InChI=1S/C10H12N4O2S/c1-3-7-11-6(5-16-7)9(15)12-10-14-13-8(4-2)17-10/h5H,3-4H2,1-2H3,(H,12,14,15). The molecule has 1 amide bonds. The Hall–Kier alpha value is -1.76. The van der Waals surface area contributed by atoms with E-state index in [9.17, 15) is 4.79 Å². The topological polar surface area (TPSA) is 80.9 Å². The van der Waals surface area contributed by atoms with Gasteiger partial charge in [-0.1, -0.05) is 25.2 Å². The smallest absolute Gasteiger partial charge is 0.279 e. The Morgan fingerprint density at radius 1 is 1.41 bits per heavy atom. The number of aryl methyl sites for hydroxylation is 2. The van der Waals surface area contributed by atoms with Crippen molar-refractivity contribution in [1.82, 2.24) is 15.2 Å². The Labute approximate surface area is 102 Å². The van der Waals surface area contributed by atoms with E-state index < -0.39 is 0 Å². The van der Waals surface area contributed by atoms with Crippen LogP contribution < -0.4 is 5.32 Å². The summed E-state index contributed by atoms with van der Waals surface area (Å²) in [6.07, 6.45) is 2.81. The molecule has 0 atom stereocenters. The van der Waals surface area contributed by atoms with Crippen LogP contribution in [0.15, 0.2) is 10.7 Å². The van der Waals surface area contributed by atoms with Crippen LogP contribution in [0.5, 0.6) is 0 Å². The molecule has 2 aromatic heterocycles. The molecule has 7 heteroatoms. The molecular formula is C10H12N4O2S. The second kappa shape index (κ2) is 5.05. The Bertz CT molecular complexity index is 520. The first kappa shape index (κ1) is 11.7. The van der Waals surface area contributed by atoms with Gasteiger partial charge in [0.2, 0.25) is 5.13 Å². The number of nitrogens with one attached hydrogen (secondary N) is 1. The fourth-order valence-corrected chi connectivity index (χ4v) is 1.86. The van der Waals surface area contributed by atoms with Gasteiger partial charge in [0.05, 0.1) is 0 Å². The summed E-state index contributed by atoms with van der Waals surface area (Å²) in [4.78, 5) is 15.8. The highest BCUT2D eigenvalue weighted by Gasteiger charge is 2.13. The first-order chi connectivity index (χ1) is 8.22. The molecule has 17 heavy (non-hydrogen) atoms. The molecule has 0 aliphatic rings. The minimum atomic E-state index is -0.327. The lowest BCUT2D eigenvalue weighted by atomic mass is 10.4. The third kappa shape index (κ3) is 2.68. The predicted octanol–water partition coefficient (Wildman–Crippen LogP) is 1.90. The van der Waals surface area contributed by atoms with E-state index in [4.69, 9.17) is 4.42 Å². The van der Waals surface area contributed by atoms with E-state index in [1.54, 1.807) is 0 Å². The predicted molar refractivity (Wildman–Crippen MR) is 63.1 cm³/mol. The molecule has 0 spiro atoms. The van der Waals surface area contributed by atoms with Crippen molar-refractivity contribution in [3.63, 3.8) is 0 Å². The highest BCUT2D eigenvalue weighted by Crippen LogP contribution is 2.16. The van der Waals surface area contributed by atoms with Crippen LogP contribution in [0, 0.1) is 0 Å². The van der Waals surface area contributed by atoms with Crippen LogP contribution >= 0.6 is 11.3 Å². The molecule has 0 aliphatic carbocycles. The van der Waals surface area contributed by atoms with Crippen LogP contribution in [0.4, 0.5) is 5.13 Å². The Balaban J connectivity index is 2.05. The van der Waals surface area contributed by atoms with Crippen molar-refractivity contribution in [1.29, 1.82) is 0 Å². The van der Waals surface area contributed by atoms with Crippen LogP contribution in [0.1, 0.15) is 35.2 Å². The number of carbonyl (C=O) groups excluding carboxylic acids is 1. The van der Waals surface area contributed by atoms with Crippen molar-refractivity contribution >= 4 is 22.4 Å². The van der Waals surface area contributed by atoms with Gasteiger partial charge in [0.15, 0.2) is 11.6 Å². The van der Waals surface area contributed by atoms with E-state index in [2.05, 4.69) is 20.5 Å². The van der Waals surface area contributed by atoms with Crippen molar-refractivity contribution in [2.75, 3.05) is 5.32 Å². The third-order valence-corrected chi connectivity index (χ3v) is 3.06. The van der Waals surface area contributed by atoms with Crippen LogP contribution in [-0.4, -0.2) is 21.1 Å². The number of hydrogen-bond donors (Lipinski definition) is 1. The van der Waals surface area contributed by atoms with Gasteiger partial charge in [-0.05, 0) is 6.42 Å². The monoisotopic (exact) mass is 252 g/mol. The maximum atomic E-state index is 11.7. The molecule has 0 saturated heterocycles. The molecule has 2 aromatic rings. The summed E-state index contributed by atoms with van der Waals surface area (Å²) in [6.45, 7) is 3.89. The van der Waals surface area contributed by atoms with Crippen molar-refractivity contribution in [3.05, 3.63) is 22.9 Å². The van der Waals surface area contributed by atoms with E-state index in [0.717, 1.165) is 11.4 Å². The number of anilines is 1. The lowest BCUT2D eigenvalue weighted by Crippen LogP contribution is -2.12. The van der Waals surface area contributed by atoms with Crippen LogP contribution in [0.3, 0.4) is 0 Å². The zero-order valence-corrected chi connectivity index (χ0v) is 10.4. The van der Waals surface area contributed by atoms with Crippen LogP contribution in [0.25, 0.3) is 0 Å². The van der Waals surface area contributed by atoms with Gasteiger partial charge in [-0.25, -0.2) is 4.98 Å². The first-order valence-corrected chi connectivity index (χ1v) is 6.12. The van der Waals surface area contributed by atoms with Crippen LogP contribution in [0.2, 0.25) is 0 Å². The largest absolute Gasteiger partial charge is 0.448 e. The van der Waals surface area contributed by atoms with Gasteiger partial charge in [0.1, 0.15) is 11.3 Å². The summed E-state index contributed by atoms with van der Waals surface area (Å²) < 4.78 is 5.09. The SMILES string of the molecule is CCc1nc(C(=O)Nc2nnc(CC)s2)co1. The molecule has 90 valence electrons. The molecule has 0 aliphatic heterocycles. The molecule has 0 unspecified atom stereocenters. The number of carbonyl (C=O) groups is 1. The summed E-state index contributed by atoms with van der Waals surface area (Å²) in [6, 6.07) is 0. The van der Waals surface area contributed by atoms with Crippen molar-refractivity contribution in [3.8, 4) is 0 Å². The van der Waals surface area contributed by atoms with Gasteiger partial charge in [0, 0.05) is 6.42 Å². The third-order valence-electron chi connectivity index (χ3n) is 2.08. The number of amides is 1. The van der Waals surface area contributed by atoms with Gasteiger partial charge < -0.3 is 4.42 Å². The number of nitrogens with zero attached hydrogens (tertiary/aromatic N) is 3. The second-order valence-corrected chi connectivity index (χ2v) is 4.35. The molecule has 1 N–H and O–H groups in total. The van der Waals surface area contributed by atoms with Gasteiger partial charge in [-0.2, -0.15) is 0 Å². The lowest BCUT2D eigenvalue weighted by Gasteiger charge is -1.94. The fraction of sp³-hybridized carbons (Fsp3) is 0.400. The molecule has 0 fully saturated rings. The summed E-state index contributed by atoms with van der Waals surface area (Å²) >= 11 is 1.36. The maximum absolute atomic E-state index is 11.7. The van der Waals surface area contributed by atoms with E-state index in [-0.39, 0.29) is 11.6 Å². The van der Waals surface area contributed by atoms with Crippen molar-refractivity contribution in [2.45, 2.75) is 26.7 Å². The average molecular weight is 252 g/mol. The Morgan fingerprint density at radius 3 is 2.82 bits per heavy atom. The summed E-state index contributed by atoms with van der Waals surface area (Å²) in [5.41, 5.74) is 0.259. The van der Waals surface area contributed by atoms with Crippen LogP contribution in [-0.2, 0) is 12.8 Å². The quantitative estimate of drug-likeness (QED) is 0.898. The Morgan fingerprint density at radius 2 is 2.24 bits per heavy atom. The minimum Gasteiger partial charge on any atom is -0.448 e. The molecule has 0 radical (unpaired) electrons. The summed E-state index contributed by atoms with van der Waals surface area (Å²) in [7, 11) is 0. The van der Waals surface area contributed by atoms with E-state index in [0.29, 0.717) is 17.4 Å². The number of rotatable bonds is 4. The minimum absolute atomic E-state index is 0.259. The molecule has 2 heterocycles. The van der Waals surface area contributed by atoms with Gasteiger partial charge in [-0.3, -0.25) is 10.1 Å². The van der Waals surface area contributed by atoms with E-state index in [1.807, 2.05) is 13.8 Å². The average Bonchev–Trinajstić information content (AvgIpc) is 2.96. The zero-order chi connectivity index (χ0) is 12.3. The molecule has 2 rings (SSSR count). The van der Waals surface area contributed by atoms with Crippen molar-refractivity contribution < 1.29 is 9.21 Å². The highest BCUT2D eigenvalue weighted by molar-refractivity contribution is 7.15.